The van der Waals surface area contributed by atoms with E-state index in [1.807, 2.05) is 0 Å². The first kappa shape index (κ1) is 20.1. The molecule has 150 valence electrons. The Morgan fingerprint density at radius 2 is 1.63 bits per heavy atom. The van der Waals surface area contributed by atoms with Gasteiger partial charge in [-0.3, -0.25) is 4.79 Å². The van der Waals surface area contributed by atoms with E-state index in [4.69, 9.17) is 9.47 Å². The quantitative estimate of drug-likeness (QED) is 0.823. The summed E-state index contributed by atoms with van der Waals surface area (Å²) in [5, 5.41) is 1.68. The lowest BCUT2D eigenvalue weighted by atomic mass is 9.98. The fourth-order valence-corrected chi connectivity index (χ4v) is 4.57. The molecular formula is C16H19F3N2O5S. The molecule has 0 spiro atoms. The van der Waals surface area contributed by atoms with Crippen LogP contribution in [0.3, 0.4) is 0 Å². The summed E-state index contributed by atoms with van der Waals surface area (Å²) in [4.78, 5) is 10.9. The summed E-state index contributed by atoms with van der Waals surface area (Å²) in [7, 11) is -3.77. The number of hydrogen-bond donors (Lipinski definition) is 1. The van der Waals surface area contributed by atoms with Crippen molar-refractivity contribution in [1.82, 2.24) is 4.31 Å². The number of nitrogens with one attached hydrogen (secondary N) is 1. The Kier molecular flexibility index (Phi) is 5.75. The molecule has 0 aromatic heterocycles. The second-order valence-corrected chi connectivity index (χ2v) is 8.27. The highest BCUT2D eigenvalue weighted by Gasteiger charge is 2.39. The number of alkyl halides is 3. The van der Waals surface area contributed by atoms with E-state index < -0.39 is 22.1 Å². The lowest BCUT2D eigenvalue weighted by molar-refractivity contribution is -0.167. The fraction of sp³-hybridized carbons (Fsp3) is 0.562. The van der Waals surface area contributed by atoms with Crippen LogP contribution in [0, 0.1) is 5.92 Å². The van der Waals surface area contributed by atoms with Gasteiger partial charge in [-0.05, 0) is 37.1 Å². The zero-order chi connectivity index (χ0) is 19.7. The second kappa shape index (κ2) is 7.74. The van der Waals surface area contributed by atoms with Crippen LogP contribution in [0.25, 0.3) is 0 Å². The fourth-order valence-electron chi connectivity index (χ4n) is 3.10. The third kappa shape index (κ3) is 4.60. The number of carbonyl (C=O) groups is 1. The Labute approximate surface area is 154 Å². The lowest BCUT2D eigenvalue weighted by Gasteiger charge is -2.33. The molecule has 1 amide bonds. The number of sulfonamides is 1. The zero-order valence-electron chi connectivity index (χ0n) is 14.2. The third-order valence-electron chi connectivity index (χ3n) is 4.54. The predicted octanol–water partition coefficient (Wildman–Crippen LogP) is 1.96. The van der Waals surface area contributed by atoms with Gasteiger partial charge < -0.3 is 14.8 Å². The van der Waals surface area contributed by atoms with Gasteiger partial charge >= 0.3 is 12.1 Å². The number of halogens is 3. The first-order valence-electron chi connectivity index (χ1n) is 8.39. The molecule has 11 heteroatoms. The minimum atomic E-state index is -5.01. The minimum Gasteiger partial charge on any atom is -0.350 e. The summed E-state index contributed by atoms with van der Waals surface area (Å²) in [5.74, 6) is -1.98. The van der Waals surface area contributed by atoms with Gasteiger partial charge in [-0.1, -0.05) is 0 Å². The van der Waals surface area contributed by atoms with Crippen LogP contribution in [0.5, 0.6) is 0 Å². The molecular weight excluding hydrogens is 389 g/mol. The van der Waals surface area contributed by atoms with E-state index in [9.17, 15) is 26.4 Å². The SMILES string of the molecule is O=C(Nc1ccc(S(=O)(=O)N2CCC(C3OCCO3)CC2)cc1)C(F)(F)F. The second-order valence-electron chi connectivity index (χ2n) is 6.33. The molecule has 0 atom stereocenters. The molecule has 27 heavy (non-hydrogen) atoms. The molecule has 2 aliphatic rings. The van der Waals surface area contributed by atoms with Gasteiger partial charge in [0, 0.05) is 24.7 Å². The Morgan fingerprint density at radius 3 is 2.15 bits per heavy atom. The lowest BCUT2D eigenvalue weighted by Crippen LogP contribution is -2.41. The van der Waals surface area contributed by atoms with Crippen molar-refractivity contribution < 1.29 is 35.9 Å². The van der Waals surface area contributed by atoms with Gasteiger partial charge in [0.2, 0.25) is 10.0 Å². The van der Waals surface area contributed by atoms with Gasteiger partial charge in [0.1, 0.15) is 0 Å². The average molecular weight is 408 g/mol. The van der Waals surface area contributed by atoms with Crippen LogP contribution in [0.15, 0.2) is 29.2 Å². The number of piperidine rings is 1. The minimum absolute atomic E-state index is 0.0423. The van der Waals surface area contributed by atoms with Crippen molar-refractivity contribution in [2.45, 2.75) is 30.2 Å². The Hall–Kier alpha value is -1.69. The molecule has 2 heterocycles. The van der Waals surface area contributed by atoms with Gasteiger partial charge in [0.15, 0.2) is 6.29 Å². The molecule has 2 fully saturated rings. The molecule has 7 nitrogen and oxygen atoms in total. The maximum atomic E-state index is 12.7. The highest BCUT2D eigenvalue weighted by Crippen LogP contribution is 2.29. The number of anilines is 1. The average Bonchev–Trinajstić information content (AvgIpc) is 3.16. The molecule has 1 N–H and O–H groups in total. The molecule has 1 aromatic rings. The maximum absolute atomic E-state index is 12.7. The Bertz CT molecular complexity index is 768. The number of carbonyl (C=O) groups excluding carboxylic acids is 1. The van der Waals surface area contributed by atoms with Crippen LogP contribution in [0.2, 0.25) is 0 Å². The normalized spacial score (nSPS) is 20.7. The molecule has 0 radical (unpaired) electrons. The summed E-state index contributed by atoms with van der Waals surface area (Å²) < 4.78 is 74.4. The van der Waals surface area contributed by atoms with Crippen molar-refractivity contribution in [3.63, 3.8) is 0 Å². The Balaban J connectivity index is 1.62. The first-order valence-corrected chi connectivity index (χ1v) is 9.83. The maximum Gasteiger partial charge on any atom is 0.471 e. The summed E-state index contributed by atoms with van der Waals surface area (Å²) in [6.07, 6.45) is -4.10. The topological polar surface area (TPSA) is 84.9 Å². The molecule has 0 bridgehead atoms. The van der Waals surface area contributed by atoms with Crippen LogP contribution < -0.4 is 5.32 Å². The van der Waals surface area contributed by atoms with E-state index in [1.54, 1.807) is 5.32 Å². The summed E-state index contributed by atoms with van der Waals surface area (Å²) in [6, 6.07) is 4.61. The highest BCUT2D eigenvalue weighted by atomic mass is 32.2. The Morgan fingerprint density at radius 1 is 1.07 bits per heavy atom. The van der Waals surface area contributed by atoms with Gasteiger partial charge in [0.05, 0.1) is 18.1 Å². The van der Waals surface area contributed by atoms with E-state index in [-0.39, 0.29) is 22.8 Å². The van der Waals surface area contributed by atoms with Crippen LogP contribution in [0.4, 0.5) is 18.9 Å². The predicted molar refractivity (Wildman–Crippen MR) is 88.3 cm³/mol. The number of benzene rings is 1. The molecule has 2 saturated heterocycles. The smallest absolute Gasteiger partial charge is 0.350 e. The van der Waals surface area contributed by atoms with Crippen molar-refractivity contribution >= 4 is 21.6 Å². The molecule has 0 saturated carbocycles. The number of ether oxygens (including phenoxy) is 2. The van der Waals surface area contributed by atoms with Crippen molar-refractivity contribution in [2.75, 3.05) is 31.6 Å². The number of rotatable bonds is 4. The number of amides is 1. The van der Waals surface area contributed by atoms with Gasteiger partial charge in [-0.15, -0.1) is 0 Å². The monoisotopic (exact) mass is 408 g/mol. The molecule has 1 aromatic carbocycles. The van der Waals surface area contributed by atoms with Crippen molar-refractivity contribution in [3.05, 3.63) is 24.3 Å². The largest absolute Gasteiger partial charge is 0.471 e. The van der Waals surface area contributed by atoms with E-state index >= 15 is 0 Å². The molecule has 0 unspecified atom stereocenters. The van der Waals surface area contributed by atoms with Crippen LogP contribution in [-0.2, 0) is 24.3 Å². The van der Waals surface area contributed by atoms with Gasteiger partial charge in [-0.2, -0.15) is 17.5 Å². The van der Waals surface area contributed by atoms with Crippen LogP contribution >= 0.6 is 0 Å². The molecule has 3 rings (SSSR count). The van der Waals surface area contributed by atoms with Crippen molar-refractivity contribution in [3.8, 4) is 0 Å². The van der Waals surface area contributed by atoms with Crippen LogP contribution in [-0.4, -0.2) is 57.4 Å². The molecule has 2 aliphatic heterocycles. The summed E-state index contributed by atoms with van der Waals surface area (Å²) in [6.45, 7) is 1.70. The van der Waals surface area contributed by atoms with Gasteiger partial charge in [-0.25, -0.2) is 8.42 Å². The van der Waals surface area contributed by atoms with Gasteiger partial charge in [0.25, 0.3) is 0 Å². The van der Waals surface area contributed by atoms with Crippen molar-refractivity contribution in [1.29, 1.82) is 0 Å². The zero-order valence-corrected chi connectivity index (χ0v) is 15.1. The van der Waals surface area contributed by atoms with E-state index in [0.717, 1.165) is 12.1 Å². The van der Waals surface area contributed by atoms with E-state index in [2.05, 4.69) is 0 Å². The summed E-state index contributed by atoms with van der Waals surface area (Å²) in [5.41, 5.74) is -0.134. The van der Waals surface area contributed by atoms with Crippen LogP contribution in [0.1, 0.15) is 12.8 Å². The molecule has 0 aliphatic carbocycles. The highest BCUT2D eigenvalue weighted by molar-refractivity contribution is 7.89. The third-order valence-corrected chi connectivity index (χ3v) is 6.45. The van der Waals surface area contributed by atoms with E-state index in [0.29, 0.717) is 39.1 Å². The standard InChI is InChI=1S/C16H19F3N2O5S/c17-16(18,19)15(22)20-12-1-3-13(4-2-12)27(23,24)21-7-5-11(6-8-21)14-25-9-10-26-14/h1-4,11,14H,5-10H2,(H,20,22). The number of nitrogens with zero attached hydrogens (tertiary/aromatic N) is 1. The van der Waals surface area contributed by atoms with Crippen molar-refractivity contribution in [2.24, 2.45) is 5.92 Å². The van der Waals surface area contributed by atoms with E-state index in [1.165, 1.54) is 16.4 Å². The summed E-state index contributed by atoms with van der Waals surface area (Å²) >= 11 is 0. The first-order chi connectivity index (χ1) is 12.7. The number of hydrogen-bond acceptors (Lipinski definition) is 5.